The minimum absolute atomic E-state index is 0.453. The van der Waals surface area contributed by atoms with Crippen LogP contribution in [0.15, 0.2) is 24.4 Å². The Morgan fingerprint density at radius 3 is 2.48 bits per heavy atom. The van der Waals surface area contributed by atoms with E-state index < -0.39 is 0 Å². The van der Waals surface area contributed by atoms with Gasteiger partial charge in [0.15, 0.2) is 0 Å². The van der Waals surface area contributed by atoms with Crippen molar-refractivity contribution < 1.29 is 0 Å². The van der Waals surface area contributed by atoms with Gasteiger partial charge >= 0.3 is 0 Å². The van der Waals surface area contributed by atoms with Crippen LogP contribution in [0, 0.1) is 0 Å². The van der Waals surface area contributed by atoms with Gasteiger partial charge in [0.25, 0.3) is 0 Å². The van der Waals surface area contributed by atoms with E-state index in [2.05, 4.69) is 0 Å². The normalized spacial score (nSPS) is 16.9. The molecule has 1 aliphatic carbocycles. The minimum Gasteiger partial charge on any atom is -0.396 e. The smallest absolute Gasteiger partial charge is 0.117 e. The van der Waals surface area contributed by atoms with Crippen LogP contribution in [-0.4, -0.2) is 9.78 Å². The fourth-order valence-electron chi connectivity index (χ4n) is 3.01. The molecule has 3 rings (SSSR count). The summed E-state index contributed by atoms with van der Waals surface area (Å²) in [5.74, 6) is 0. The maximum absolute atomic E-state index is 6.27. The van der Waals surface area contributed by atoms with Gasteiger partial charge in [0, 0.05) is 16.8 Å². The summed E-state index contributed by atoms with van der Waals surface area (Å²) >= 11 is 12.2. The fourth-order valence-corrected chi connectivity index (χ4v) is 3.50. The summed E-state index contributed by atoms with van der Waals surface area (Å²) < 4.78 is 2.03. The van der Waals surface area contributed by atoms with Crippen LogP contribution in [-0.2, 0) is 0 Å². The van der Waals surface area contributed by atoms with Crippen molar-refractivity contribution in [3.05, 3.63) is 34.4 Å². The van der Waals surface area contributed by atoms with Gasteiger partial charge in [0.1, 0.15) is 5.69 Å². The van der Waals surface area contributed by atoms with E-state index in [-0.39, 0.29) is 0 Å². The van der Waals surface area contributed by atoms with Gasteiger partial charge in [-0.05, 0) is 31.0 Å². The lowest BCUT2D eigenvalue weighted by Crippen LogP contribution is -2.08. The molecule has 0 amide bonds. The van der Waals surface area contributed by atoms with E-state index in [9.17, 15) is 0 Å². The molecule has 21 heavy (non-hydrogen) atoms. The second-order valence-corrected chi connectivity index (χ2v) is 6.53. The molecule has 3 nitrogen and oxygen atoms in total. The molecular formula is C16H19Cl2N3. The van der Waals surface area contributed by atoms with Crippen molar-refractivity contribution in [3.63, 3.8) is 0 Å². The zero-order valence-corrected chi connectivity index (χ0v) is 13.4. The quantitative estimate of drug-likeness (QED) is 0.758. The second-order valence-electron chi connectivity index (χ2n) is 5.68. The number of nitrogen functional groups attached to an aromatic ring is 1. The highest BCUT2D eigenvalue weighted by Gasteiger charge is 2.18. The van der Waals surface area contributed by atoms with E-state index >= 15 is 0 Å². The first kappa shape index (κ1) is 14.7. The number of hydrogen-bond acceptors (Lipinski definition) is 2. The molecule has 1 heterocycles. The van der Waals surface area contributed by atoms with E-state index in [4.69, 9.17) is 34.0 Å². The van der Waals surface area contributed by atoms with Crippen LogP contribution in [0.3, 0.4) is 0 Å². The largest absolute Gasteiger partial charge is 0.396 e. The molecule has 1 fully saturated rings. The molecule has 0 bridgehead atoms. The van der Waals surface area contributed by atoms with E-state index in [0.29, 0.717) is 21.8 Å². The van der Waals surface area contributed by atoms with Gasteiger partial charge in [-0.3, -0.25) is 4.68 Å². The van der Waals surface area contributed by atoms with Gasteiger partial charge in [-0.25, -0.2) is 0 Å². The fraction of sp³-hybridized carbons (Fsp3) is 0.438. The van der Waals surface area contributed by atoms with Crippen molar-refractivity contribution in [2.24, 2.45) is 0 Å². The number of rotatable bonds is 2. The highest BCUT2D eigenvalue weighted by molar-refractivity contribution is 6.36. The molecule has 0 atom stereocenters. The second kappa shape index (κ2) is 6.29. The van der Waals surface area contributed by atoms with Gasteiger partial charge in [-0.1, -0.05) is 48.9 Å². The molecule has 2 N–H and O–H groups in total. The lowest BCUT2D eigenvalue weighted by molar-refractivity contribution is 0.406. The Morgan fingerprint density at radius 2 is 1.81 bits per heavy atom. The number of aromatic nitrogens is 2. The minimum atomic E-state index is 0.453. The van der Waals surface area contributed by atoms with Crippen LogP contribution in [0.25, 0.3) is 11.3 Å². The first-order valence-electron chi connectivity index (χ1n) is 7.45. The maximum Gasteiger partial charge on any atom is 0.117 e. The first-order valence-corrected chi connectivity index (χ1v) is 8.21. The maximum atomic E-state index is 6.27. The van der Waals surface area contributed by atoms with Crippen molar-refractivity contribution in [3.8, 4) is 11.3 Å². The number of benzene rings is 1. The lowest BCUT2D eigenvalue weighted by atomic mass is 10.1. The molecule has 0 radical (unpaired) electrons. The summed E-state index contributed by atoms with van der Waals surface area (Å²) in [5, 5.41) is 5.90. The highest BCUT2D eigenvalue weighted by Crippen LogP contribution is 2.35. The number of halogens is 2. The van der Waals surface area contributed by atoms with Crippen molar-refractivity contribution in [1.29, 1.82) is 0 Å². The van der Waals surface area contributed by atoms with Gasteiger partial charge in [-0.2, -0.15) is 5.10 Å². The Morgan fingerprint density at radius 1 is 1.10 bits per heavy atom. The Bertz CT molecular complexity index is 628. The Kier molecular flexibility index (Phi) is 4.41. The van der Waals surface area contributed by atoms with Crippen molar-refractivity contribution in [2.75, 3.05) is 5.73 Å². The average Bonchev–Trinajstić information content (AvgIpc) is 2.67. The topological polar surface area (TPSA) is 43.8 Å². The molecule has 1 aromatic carbocycles. The average molecular weight is 324 g/mol. The predicted octanol–water partition coefficient (Wildman–Crippen LogP) is 5.33. The van der Waals surface area contributed by atoms with Crippen LogP contribution >= 0.6 is 23.2 Å². The number of nitrogens with two attached hydrogens (primary N) is 1. The van der Waals surface area contributed by atoms with Gasteiger partial charge in [0.2, 0.25) is 0 Å². The first-order chi connectivity index (χ1) is 10.1. The molecule has 0 aliphatic heterocycles. The zero-order valence-electron chi connectivity index (χ0n) is 11.9. The molecular weight excluding hydrogens is 305 g/mol. The van der Waals surface area contributed by atoms with Crippen molar-refractivity contribution in [1.82, 2.24) is 9.78 Å². The summed E-state index contributed by atoms with van der Waals surface area (Å²) in [6, 6.07) is 5.87. The number of nitrogens with zero attached hydrogens (tertiary/aromatic N) is 2. The standard InChI is InChI=1S/C16H19Cl2N3/c17-11-7-8-13(14(18)9-11)16-15(19)10-21(20-16)12-5-3-1-2-4-6-12/h7-10,12H,1-6,19H2. The third kappa shape index (κ3) is 3.19. The third-order valence-electron chi connectivity index (χ3n) is 4.15. The lowest BCUT2D eigenvalue weighted by Gasteiger charge is -2.14. The monoisotopic (exact) mass is 323 g/mol. The summed E-state index contributed by atoms with van der Waals surface area (Å²) in [6.07, 6.45) is 9.47. The summed E-state index contributed by atoms with van der Waals surface area (Å²) in [4.78, 5) is 0. The Hall–Kier alpha value is -1.19. The van der Waals surface area contributed by atoms with Crippen molar-refractivity contribution in [2.45, 2.75) is 44.6 Å². The number of anilines is 1. The summed E-state index contributed by atoms with van der Waals surface area (Å²) in [7, 11) is 0. The van der Waals surface area contributed by atoms with E-state index in [1.165, 1.54) is 38.5 Å². The van der Waals surface area contributed by atoms with Gasteiger partial charge in [-0.15, -0.1) is 0 Å². The highest BCUT2D eigenvalue weighted by atomic mass is 35.5. The van der Waals surface area contributed by atoms with Crippen LogP contribution in [0.1, 0.15) is 44.6 Å². The van der Waals surface area contributed by atoms with E-state index in [1.807, 2.05) is 23.0 Å². The number of hydrogen-bond donors (Lipinski definition) is 1. The van der Waals surface area contributed by atoms with Gasteiger partial charge in [0.05, 0.1) is 16.8 Å². The molecule has 0 unspecified atom stereocenters. The zero-order chi connectivity index (χ0) is 14.8. The summed E-state index contributed by atoms with van der Waals surface area (Å²) in [6.45, 7) is 0. The van der Waals surface area contributed by atoms with Crippen LogP contribution < -0.4 is 5.73 Å². The van der Waals surface area contributed by atoms with E-state index in [0.717, 1.165) is 11.3 Å². The van der Waals surface area contributed by atoms with E-state index in [1.54, 1.807) is 6.07 Å². The predicted molar refractivity (Wildman–Crippen MR) is 88.8 cm³/mol. The van der Waals surface area contributed by atoms with Crippen LogP contribution in [0.2, 0.25) is 10.0 Å². The van der Waals surface area contributed by atoms with Crippen molar-refractivity contribution >= 4 is 28.9 Å². The molecule has 2 aromatic rings. The molecule has 1 saturated carbocycles. The molecule has 0 saturated heterocycles. The molecule has 0 spiro atoms. The molecule has 5 heteroatoms. The van der Waals surface area contributed by atoms with Crippen LogP contribution in [0.5, 0.6) is 0 Å². The summed E-state index contributed by atoms with van der Waals surface area (Å²) in [5.41, 5.74) is 8.41. The molecule has 112 valence electrons. The molecule has 1 aromatic heterocycles. The Labute approximate surface area is 135 Å². The third-order valence-corrected chi connectivity index (χ3v) is 4.69. The van der Waals surface area contributed by atoms with Crippen LogP contribution in [0.4, 0.5) is 5.69 Å². The Balaban J connectivity index is 1.93. The SMILES string of the molecule is Nc1cn(C2CCCCCC2)nc1-c1ccc(Cl)cc1Cl. The molecule has 1 aliphatic rings. The van der Waals surface area contributed by atoms with Gasteiger partial charge < -0.3 is 5.73 Å².